The lowest BCUT2D eigenvalue weighted by atomic mass is 10.2. The fourth-order valence-corrected chi connectivity index (χ4v) is 2.77. The minimum atomic E-state index is -0.147. The number of hydrogen-bond acceptors (Lipinski definition) is 4. The third-order valence-corrected chi connectivity index (χ3v) is 4.06. The molecule has 0 spiro atoms. The molecule has 1 aliphatic heterocycles. The number of fused-ring (bicyclic) bond motifs is 1. The first-order valence-corrected chi connectivity index (χ1v) is 8.01. The van der Waals surface area contributed by atoms with Crippen LogP contribution in [0.25, 0.3) is 0 Å². The van der Waals surface area contributed by atoms with Crippen LogP contribution in [-0.2, 0) is 25.8 Å². The number of hydrogen-bond donors (Lipinski definition) is 2. The van der Waals surface area contributed by atoms with Crippen LogP contribution in [0.1, 0.15) is 54.0 Å². The van der Waals surface area contributed by atoms with Crippen LogP contribution in [0, 0.1) is 0 Å². The standard InChI is InChI=1S/C15H22N6O/c1-2-11-10-12(18-17-11)15(22)16-8-7-14-20-19-13-6-4-3-5-9-21(13)14/h10H,2-9H2,1H3,(H,16,22)(H,17,18). The Morgan fingerprint density at radius 3 is 3.09 bits per heavy atom. The van der Waals surface area contributed by atoms with Crippen LogP contribution in [0.4, 0.5) is 0 Å². The van der Waals surface area contributed by atoms with Crippen molar-refractivity contribution in [2.45, 2.75) is 52.0 Å². The van der Waals surface area contributed by atoms with Gasteiger partial charge in [0.1, 0.15) is 17.3 Å². The Bertz CT molecular complexity index is 644. The van der Waals surface area contributed by atoms with Crippen molar-refractivity contribution in [1.82, 2.24) is 30.3 Å². The van der Waals surface area contributed by atoms with E-state index in [1.165, 1.54) is 19.3 Å². The highest BCUT2D eigenvalue weighted by Crippen LogP contribution is 2.14. The molecule has 22 heavy (non-hydrogen) atoms. The van der Waals surface area contributed by atoms with Crippen molar-refractivity contribution in [2.24, 2.45) is 0 Å². The molecule has 0 unspecified atom stereocenters. The normalized spacial score (nSPS) is 14.4. The molecule has 2 aromatic rings. The van der Waals surface area contributed by atoms with Crippen LogP contribution < -0.4 is 5.32 Å². The van der Waals surface area contributed by atoms with Crippen molar-refractivity contribution in [3.63, 3.8) is 0 Å². The molecule has 0 atom stereocenters. The molecular weight excluding hydrogens is 280 g/mol. The number of aromatic nitrogens is 5. The van der Waals surface area contributed by atoms with Crippen LogP contribution in [0.15, 0.2) is 6.07 Å². The first kappa shape index (κ1) is 14.7. The average molecular weight is 302 g/mol. The number of aromatic amines is 1. The van der Waals surface area contributed by atoms with Crippen LogP contribution in [-0.4, -0.2) is 37.4 Å². The topological polar surface area (TPSA) is 88.5 Å². The van der Waals surface area contributed by atoms with Gasteiger partial charge in [-0.1, -0.05) is 13.3 Å². The number of H-pyrrole nitrogens is 1. The second-order valence-corrected chi connectivity index (χ2v) is 5.63. The lowest BCUT2D eigenvalue weighted by molar-refractivity contribution is 0.0949. The highest BCUT2D eigenvalue weighted by molar-refractivity contribution is 5.92. The molecule has 0 saturated carbocycles. The summed E-state index contributed by atoms with van der Waals surface area (Å²) in [6.45, 7) is 3.56. The predicted molar refractivity (Wildman–Crippen MR) is 81.6 cm³/mol. The highest BCUT2D eigenvalue weighted by Gasteiger charge is 2.15. The summed E-state index contributed by atoms with van der Waals surface area (Å²) in [5, 5.41) is 18.3. The number of rotatable bonds is 5. The van der Waals surface area contributed by atoms with Crippen molar-refractivity contribution in [1.29, 1.82) is 0 Å². The van der Waals surface area contributed by atoms with Crippen LogP contribution in [0.3, 0.4) is 0 Å². The van der Waals surface area contributed by atoms with Gasteiger partial charge in [0, 0.05) is 31.6 Å². The monoisotopic (exact) mass is 302 g/mol. The smallest absolute Gasteiger partial charge is 0.271 e. The second-order valence-electron chi connectivity index (χ2n) is 5.63. The summed E-state index contributed by atoms with van der Waals surface area (Å²) in [5.41, 5.74) is 1.41. The van der Waals surface area contributed by atoms with Gasteiger partial charge in [0.15, 0.2) is 0 Å². The second kappa shape index (κ2) is 6.72. The van der Waals surface area contributed by atoms with E-state index >= 15 is 0 Å². The molecule has 1 aliphatic rings. The zero-order valence-corrected chi connectivity index (χ0v) is 12.9. The summed E-state index contributed by atoms with van der Waals surface area (Å²) < 4.78 is 2.21. The minimum Gasteiger partial charge on any atom is -0.350 e. The molecular formula is C15H22N6O. The number of amides is 1. The van der Waals surface area contributed by atoms with Gasteiger partial charge in [-0.15, -0.1) is 10.2 Å². The van der Waals surface area contributed by atoms with E-state index in [0.29, 0.717) is 18.7 Å². The SMILES string of the molecule is CCc1cc(C(=O)NCCc2nnc3n2CCCCC3)n[nH]1. The molecule has 0 aliphatic carbocycles. The van der Waals surface area contributed by atoms with Crippen molar-refractivity contribution < 1.29 is 4.79 Å². The lowest BCUT2D eigenvalue weighted by Gasteiger charge is -2.07. The first-order valence-electron chi connectivity index (χ1n) is 8.01. The summed E-state index contributed by atoms with van der Waals surface area (Å²) in [6.07, 6.45) is 6.16. The lowest BCUT2D eigenvalue weighted by Crippen LogP contribution is -2.27. The molecule has 118 valence electrons. The molecule has 3 rings (SSSR count). The molecule has 2 aromatic heterocycles. The van der Waals surface area contributed by atoms with Gasteiger partial charge in [-0.05, 0) is 25.3 Å². The summed E-state index contributed by atoms with van der Waals surface area (Å²) in [7, 11) is 0. The maximum Gasteiger partial charge on any atom is 0.271 e. The molecule has 0 bridgehead atoms. The van der Waals surface area contributed by atoms with E-state index in [1.54, 1.807) is 6.07 Å². The largest absolute Gasteiger partial charge is 0.350 e. The van der Waals surface area contributed by atoms with E-state index in [4.69, 9.17) is 0 Å². The summed E-state index contributed by atoms with van der Waals surface area (Å²) in [5.74, 6) is 1.90. The van der Waals surface area contributed by atoms with Crippen molar-refractivity contribution in [3.8, 4) is 0 Å². The molecule has 0 fully saturated rings. The van der Waals surface area contributed by atoms with Crippen molar-refractivity contribution in [2.75, 3.05) is 6.54 Å². The van der Waals surface area contributed by atoms with E-state index in [1.807, 2.05) is 6.92 Å². The number of aryl methyl sites for hydroxylation is 2. The van der Waals surface area contributed by atoms with Gasteiger partial charge in [0.25, 0.3) is 5.91 Å². The molecule has 7 heteroatoms. The third kappa shape index (κ3) is 3.18. The van der Waals surface area contributed by atoms with Gasteiger partial charge < -0.3 is 9.88 Å². The van der Waals surface area contributed by atoms with Crippen LogP contribution in [0.5, 0.6) is 0 Å². The summed E-state index contributed by atoms with van der Waals surface area (Å²) in [6, 6.07) is 1.79. The van der Waals surface area contributed by atoms with E-state index in [9.17, 15) is 4.79 Å². The zero-order valence-electron chi connectivity index (χ0n) is 12.9. The minimum absolute atomic E-state index is 0.147. The number of nitrogens with zero attached hydrogens (tertiary/aromatic N) is 4. The number of nitrogens with one attached hydrogen (secondary N) is 2. The van der Waals surface area contributed by atoms with Crippen LogP contribution >= 0.6 is 0 Å². The van der Waals surface area contributed by atoms with Crippen molar-refractivity contribution >= 4 is 5.91 Å². The molecule has 1 amide bonds. The third-order valence-electron chi connectivity index (χ3n) is 4.06. The molecule has 2 N–H and O–H groups in total. The van der Waals surface area contributed by atoms with E-state index in [2.05, 4.69) is 30.3 Å². The molecule has 0 radical (unpaired) electrons. The van der Waals surface area contributed by atoms with Gasteiger partial charge in [0.2, 0.25) is 0 Å². The Morgan fingerprint density at radius 2 is 2.27 bits per heavy atom. The van der Waals surface area contributed by atoms with E-state index < -0.39 is 0 Å². The Morgan fingerprint density at radius 1 is 1.36 bits per heavy atom. The zero-order chi connectivity index (χ0) is 15.4. The molecule has 3 heterocycles. The van der Waals surface area contributed by atoms with Crippen molar-refractivity contribution in [3.05, 3.63) is 29.1 Å². The molecule has 0 aromatic carbocycles. The van der Waals surface area contributed by atoms with Crippen LogP contribution in [0.2, 0.25) is 0 Å². The van der Waals surface area contributed by atoms with Gasteiger partial charge in [-0.25, -0.2) is 0 Å². The Labute approximate surface area is 129 Å². The molecule has 0 saturated heterocycles. The van der Waals surface area contributed by atoms with Gasteiger partial charge in [0.05, 0.1) is 0 Å². The van der Waals surface area contributed by atoms with Gasteiger partial charge in [-0.2, -0.15) is 5.10 Å². The maximum absolute atomic E-state index is 12.0. The first-order chi connectivity index (χ1) is 10.8. The number of carbonyl (C=O) groups is 1. The average Bonchev–Trinajstić information content (AvgIpc) is 3.09. The highest BCUT2D eigenvalue weighted by atomic mass is 16.1. The summed E-state index contributed by atoms with van der Waals surface area (Å²) >= 11 is 0. The maximum atomic E-state index is 12.0. The van der Waals surface area contributed by atoms with E-state index in [0.717, 1.165) is 36.7 Å². The fraction of sp³-hybridized carbons (Fsp3) is 0.600. The van der Waals surface area contributed by atoms with Gasteiger partial charge in [-0.3, -0.25) is 9.89 Å². The quantitative estimate of drug-likeness (QED) is 0.870. The number of carbonyl (C=O) groups excluding carboxylic acids is 1. The predicted octanol–water partition coefficient (Wildman–Crippen LogP) is 1.26. The Hall–Kier alpha value is -2.18. The fourth-order valence-electron chi connectivity index (χ4n) is 2.77. The Balaban J connectivity index is 1.55. The van der Waals surface area contributed by atoms with E-state index in [-0.39, 0.29) is 5.91 Å². The Kier molecular flexibility index (Phi) is 4.50. The molecule has 7 nitrogen and oxygen atoms in total. The summed E-state index contributed by atoms with van der Waals surface area (Å²) in [4.78, 5) is 12.0. The van der Waals surface area contributed by atoms with Gasteiger partial charge >= 0.3 is 0 Å².